The molecule has 3 N–H and O–H groups in total. The van der Waals surface area contributed by atoms with Gasteiger partial charge in [-0.25, -0.2) is 0 Å². The van der Waals surface area contributed by atoms with Crippen molar-refractivity contribution in [1.82, 2.24) is 10.6 Å². The number of amides is 1. The van der Waals surface area contributed by atoms with Gasteiger partial charge in [0.15, 0.2) is 0 Å². The minimum absolute atomic E-state index is 0.0353. The van der Waals surface area contributed by atoms with Crippen molar-refractivity contribution < 1.29 is 9.90 Å². The van der Waals surface area contributed by atoms with Gasteiger partial charge in [-0.1, -0.05) is 13.3 Å². The second-order valence-corrected chi connectivity index (χ2v) is 5.77. The first kappa shape index (κ1) is 15.4. The van der Waals surface area contributed by atoms with Crippen molar-refractivity contribution in [3.8, 4) is 0 Å². The average Bonchev–Trinajstić information content (AvgIpc) is 2.29. The minimum atomic E-state index is -0.369. The Kier molecular flexibility index (Phi) is 6.09. The molecule has 0 aromatic carbocycles. The molecule has 1 aliphatic heterocycles. The molecule has 1 fully saturated rings. The number of carbonyl (C=O) groups excluding carboxylic acids is 1. The SMILES string of the molecule is CCCC1(C(=O)NC(C)CC(C)O)CCCNC1. The van der Waals surface area contributed by atoms with Gasteiger partial charge in [0.1, 0.15) is 0 Å². The predicted octanol–water partition coefficient (Wildman–Crippen LogP) is 1.43. The van der Waals surface area contributed by atoms with Gasteiger partial charge in [0, 0.05) is 12.6 Å². The van der Waals surface area contributed by atoms with Gasteiger partial charge in [-0.3, -0.25) is 4.79 Å². The molecule has 1 amide bonds. The van der Waals surface area contributed by atoms with Gasteiger partial charge in [0.2, 0.25) is 5.91 Å². The maximum atomic E-state index is 12.5. The molecule has 4 heteroatoms. The van der Waals surface area contributed by atoms with E-state index >= 15 is 0 Å². The number of nitrogens with one attached hydrogen (secondary N) is 2. The Balaban J connectivity index is 2.59. The van der Waals surface area contributed by atoms with Crippen LogP contribution in [0.3, 0.4) is 0 Å². The van der Waals surface area contributed by atoms with Crippen molar-refractivity contribution in [2.24, 2.45) is 5.41 Å². The first-order valence-corrected chi connectivity index (χ1v) is 7.20. The number of rotatable bonds is 6. The first-order chi connectivity index (χ1) is 8.50. The lowest BCUT2D eigenvalue weighted by Gasteiger charge is -2.37. The molecule has 0 bridgehead atoms. The summed E-state index contributed by atoms with van der Waals surface area (Å²) in [4.78, 5) is 12.5. The number of hydrogen-bond acceptors (Lipinski definition) is 3. The molecule has 1 rings (SSSR count). The molecule has 18 heavy (non-hydrogen) atoms. The van der Waals surface area contributed by atoms with Crippen molar-refractivity contribution in [2.75, 3.05) is 13.1 Å². The fraction of sp³-hybridized carbons (Fsp3) is 0.929. The van der Waals surface area contributed by atoms with Crippen LogP contribution in [0.2, 0.25) is 0 Å². The van der Waals surface area contributed by atoms with Gasteiger partial charge in [-0.15, -0.1) is 0 Å². The summed E-state index contributed by atoms with van der Waals surface area (Å²) in [6.07, 6.45) is 4.25. The summed E-state index contributed by atoms with van der Waals surface area (Å²) in [7, 11) is 0. The molecule has 3 atom stereocenters. The molecule has 1 aliphatic rings. The summed E-state index contributed by atoms with van der Waals surface area (Å²) < 4.78 is 0. The summed E-state index contributed by atoms with van der Waals surface area (Å²) >= 11 is 0. The second-order valence-electron chi connectivity index (χ2n) is 5.77. The Labute approximate surface area is 111 Å². The third-order valence-corrected chi connectivity index (χ3v) is 3.75. The summed E-state index contributed by atoms with van der Waals surface area (Å²) in [5, 5.41) is 15.8. The Morgan fingerprint density at radius 1 is 1.50 bits per heavy atom. The smallest absolute Gasteiger partial charge is 0.227 e. The van der Waals surface area contributed by atoms with E-state index in [2.05, 4.69) is 17.6 Å². The third-order valence-electron chi connectivity index (χ3n) is 3.75. The largest absolute Gasteiger partial charge is 0.393 e. The first-order valence-electron chi connectivity index (χ1n) is 7.20. The van der Waals surface area contributed by atoms with Crippen molar-refractivity contribution >= 4 is 5.91 Å². The maximum Gasteiger partial charge on any atom is 0.227 e. The average molecular weight is 256 g/mol. The summed E-state index contributed by atoms with van der Waals surface area (Å²) in [6.45, 7) is 7.64. The molecule has 0 aromatic rings. The number of aliphatic hydroxyl groups is 1. The minimum Gasteiger partial charge on any atom is -0.393 e. The Bertz CT molecular complexity index is 255. The highest BCUT2D eigenvalue weighted by Crippen LogP contribution is 2.32. The highest BCUT2D eigenvalue weighted by Gasteiger charge is 2.38. The number of aliphatic hydroxyl groups excluding tert-OH is 1. The number of piperidine rings is 1. The van der Waals surface area contributed by atoms with Crippen molar-refractivity contribution in [3.63, 3.8) is 0 Å². The van der Waals surface area contributed by atoms with Gasteiger partial charge in [-0.2, -0.15) is 0 Å². The molecular weight excluding hydrogens is 228 g/mol. The van der Waals surface area contributed by atoms with E-state index in [-0.39, 0.29) is 23.5 Å². The number of hydrogen-bond donors (Lipinski definition) is 3. The van der Waals surface area contributed by atoms with Crippen LogP contribution in [-0.4, -0.2) is 36.2 Å². The van der Waals surface area contributed by atoms with E-state index in [1.807, 2.05) is 6.92 Å². The molecule has 1 saturated heterocycles. The van der Waals surface area contributed by atoms with Gasteiger partial charge < -0.3 is 15.7 Å². The monoisotopic (exact) mass is 256 g/mol. The lowest BCUT2D eigenvalue weighted by Crippen LogP contribution is -2.52. The molecule has 106 valence electrons. The van der Waals surface area contributed by atoms with Crippen LogP contribution in [-0.2, 0) is 4.79 Å². The lowest BCUT2D eigenvalue weighted by atomic mass is 9.76. The zero-order chi connectivity index (χ0) is 13.6. The fourth-order valence-corrected chi connectivity index (χ4v) is 2.91. The van der Waals surface area contributed by atoms with E-state index in [4.69, 9.17) is 0 Å². The van der Waals surface area contributed by atoms with Crippen LogP contribution in [0.1, 0.15) is 52.9 Å². The van der Waals surface area contributed by atoms with Crippen LogP contribution < -0.4 is 10.6 Å². The topological polar surface area (TPSA) is 61.4 Å². The van der Waals surface area contributed by atoms with Crippen LogP contribution in [0.5, 0.6) is 0 Å². The van der Waals surface area contributed by atoms with E-state index in [1.54, 1.807) is 6.92 Å². The van der Waals surface area contributed by atoms with Gasteiger partial charge in [0.25, 0.3) is 0 Å². The van der Waals surface area contributed by atoms with E-state index in [9.17, 15) is 9.90 Å². The molecular formula is C14H28N2O2. The van der Waals surface area contributed by atoms with Crippen LogP contribution in [0.25, 0.3) is 0 Å². The Morgan fingerprint density at radius 2 is 2.22 bits per heavy atom. The lowest BCUT2D eigenvalue weighted by molar-refractivity contribution is -0.133. The third kappa shape index (κ3) is 4.25. The molecule has 0 spiro atoms. The molecule has 0 aromatic heterocycles. The van der Waals surface area contributed by atoms with Crippen molar-refractivity contribution in [2.45, 2.75) is 65.0 Å². The zero-order valence-electron chi connectivity index (χ0n) is 12.0. The number of carbonyl (C=O) groups is 1. The highest BCUT2D eigenvalue weighted by atomic mass is 16.3. The normalized spacial score (nSPS) is 27.6. The standard InChI is InChI=1S/C14H28N2O2/c1-4-6-14(7-5-8-15-10-14)13(18)16-11(2)9-12(3)17/h11-12,15,17H,4-10H2,1-3H3,(H,16,18). The van der Waals surface area contributed by atoms with Crippen LogP contribution in [0.4, 0.5) is 0 Å². The van der Waals surface area contributed by atoms with E-state index in [0.29, 0.717) is 6.42 Å². The molecule has 4 nitrogen and oxygen atoms in total. The van der Waals surface area contributed by atoms with Gasteiger partial charge in [-0.05, 0) is 46.1 Å². The molecule has 0 aliphatic carbocycles. The van der Waals surface area contributed by atoms with Crippen LogP contribution in [0.15, 0.2) is 0 Å². The Hall–Kier alpha value is -0.610. The highest BCUT2D eigenvalue weighted by molar-refractivity contribution is 5.83. The van der Waals surface area contributed by atoms with E-state index in [1.165, 1.54) is 0 Å². The molecule has 0 radical (unpaired) electrons. The zero-order valence-corrected chi connectivity index (χ0v) is 12.0. The molecule has 0 saturated carbocycles. The Morgan fingerprint density at radius 3 is 2.72 bits per heavy atom. The van der Waals surface area contributed by atoms with Gasteiger partial charge in [0.05, 0.1) is 11.5 Å². The van der Waals surface area contributed by atoms with Gasteiger partial charge >= 0.3 is 0 Å². The molecule has 1 heterocycles. The second kappa shape index (κ2) is 7.10. The van der Waals surface area contributed by atoms with Crippen LogP contribution in [0, 0.1) is 5.41 Å². The molecule has 3 unspecified atom stereocenters. The van der Waals surface area contributed by atoms with Crippen molar-refractivity contribution in [3.05, 3.63) is 0 Å². The fourth-order valence-electron chi connectivity index (χ4n) is 2.91. The predicted molar refractivity (Wildman–Crippen MR) is 73.3 cm³/mol. The van der Waals surface area contributed by atoms with E-state index < -0.39 is 0 Å². The summed E-state index contributed by atoms with van der Waals surface area (Å²) in [5.41, 5.74) is -0.236. The quantitative estimate of drug-likeness (QED) is 0.674. The van der Waals surface area contributed by atoms with Crippen LogP contribution >= 0.6 is 0 Å². The summed E-state index contributed by atoms with van der Waals surface area (Å²) in [5.74, 6) is 0.157. The maximum absolute atomic E-state index is 12.5. The summed E-state index contributed by atoms with van der Waals surface area (Å²) in [6, 6.07) is 0.0353. The van der Waals surface area contributed by atoms with E-state index in [0.717, 1.165) is 38.8 Å². The van der Waals surface area contributed by atoms with Crippen molar-refractivity contribution in [1.29, 1.82) is 0 Å².